The van der Waals surface area contributed by atoms with Gasteiger partial charge in [-0.3, -0.25) is 19.8 Å². The number of likely N-dealkylation sites (tertiary alicyclic amines) is 1. The molecule has 0 aliphatic carbocycles. The number of carbonyl (C=O) groups excluding carboxylic acids is 1. The number of carbonyl (C=O) groups is 1. The summed E-state index contributed by atoms with van der Waals surface area (Å²) in [5, 5.41) is 12.5. The van der Waals surface area contributed by atoms with Gasteiger partial charge < -0.3 is 5.73 Å². The van der Waals surface area contributed by atoms with E-state index in [9.17, 15) is 14.9 Å². The molecule has 1 fully saturated rings. The van der Waals surface area contributed by atoms with Crippen LogP contribution in [0.25, 0.3) is 0 Å². The Kier molecular flexibility index (Phi) is 3.93. The number of nitro groups is 1. The van der Waals surface area contributed by atoms with Gasteiger partial charge in [0.1, 0.15) is 0 Å². The standard InChI is InChI=1S/C11H15N3O3S/c12-11(15)9-2-1-3-13(6-9)5-8-4-10(14(16)17)18-7-8/h4,7,9H,1-3,5-6H2,(H2,12,15)/t9-/m0/s1. The molecule has 0 unspecified atom stereocenters. The van der Waals surface area contributed by atoms with Crippen molar-refractivity contribution in [3.8, 4) is 0 Å². The predicted octanol–water partition coefficient (Wildman–Crippen LogP) is 1.35. The number of thiophene rings is 1. The van der Waals surface area contributed by atoms with Gasteiger partial charge in [0.2, 0.25) is 5.91 Å². The average Bonchev–Trinajstić information content (AvgIpc) is 2.78. The molecular weight excluding hydrogens is 254 g/mol. The van der Waals surface area contributed by atoms with Crippen LogP contribution in [0.15, 0.2) is 11.4 Å². The van der Waals surface area contributed by atoms with Crippen molar-refractivity contribution < 1.29 is 9.72 Å². The van der Waals surface area contributed by atoms with Crippen molar-refractivity contribution in [3.05, 3.63) is 27.1 Å². The van der Waals surface area contributed by atoms with Gasteiger partial charge >= 0.3 is 5.00 Å². The number of rotatable bonds is 4. The van der Waals surface area contributed by atoms with Gasteiger partial charge in [-0.2, -0.15) is 0 Å². The molecule has 1 aliphatic heterocycles. The Labute approximate surface area is 109 Å². The van der Waals surface area contributed by atoms with Crippen LogP contribution >= 0.6 is 11.3 Å². The van der Waals surface area contributed by atoms with Crippen LogP contribution in [-0.4, -0.2) is 28.8 Å². The lowest BCUT2D eigenvalue weighted by molar-refractivity contribution is -0.380. The molecule has 98 valence electrons. The number of nitrogens with two attached hydrogens (primary N) is 1. The monoisotopic (exact) mass is 269 g/mol. The molecule has 1 saturated heterocycles. The molecule has 2 heterocycles. The number of primary amides is 1. The Morgan fingerprint density at radius 3 is 3.06 bits per heavy atom. The molecule has 2 rings (SSSR count). The summed E-state index contributed by atoms with van der Waals surface area (Å²) in [6.45, 7) is 2.21. The van der Waals surface area contributed by atoms with Crippen molar-refractivity contribution in [2.75, 3.05) is 13.1 Å². The van der Waals surface area contributed by atoms with E-state index >= 15 is 0 Å². The first-order valence-electron chi connectivity index (χ1n) is 5.79. The summed E-state index contributed by atoms with van der Waals surface area (Å²) in [5.74, 6) is -0.344. The van der Waals surface area contributed by atoms with Crippen LogP contribution in [-0.2, 0) is 11.3 Å². The normalized spacial score (nSPS) is 20.8. The van der Waals surface area contributed by atoms with Crippen molar-refractivity contribution in [2.24, 2.45) is 11.7 Å². The molecule has 0 radical (unpaired) electrons. The van der Waals surface area contributed by atoms with Gasteiger partial charge in [0.05, 0.1) is 10.8 Å². The first kappa shape index (κ1) is 13.0. The second-order valence-corrected chi connectivity index (χ2v) is 5.42. The molecule has 1 aromatic heterocycles. The molecule has 1 aliphatic rings. The van der Waals surface area contributed by atoms with Gasteiger partial charge in [-0.15, -0.1) is 0 Å². The minimum Gasteiger partial charge on any atom is -0.369 e. The summed E-state index contributed by atoms with van der Waals surface area (Å²) in [7, 11) is 0. The molecule has 0 spiro atoms. The fourth-order valence-electron chi connectivity index (χ4n) is 2.23. The average molecular weight is 269 g/mol. The molecule has 1 amide bonds. The molecular formula is C11H15N3O3S. The van der Waals surface area contributed by atoms with Crippen LogP contribution in [0.4, 0.5) is 5.00 Å². The molecule has 0 aromatic carbocycles. The second-order valence-electron chi connectivity index (χ2n) is 4.53. The lowest BCUT2D eigenvalue weighted by atomic mass is 9.97. The fourth-order valence-corrected chi connectivity index (χ4v) is 2.95. The molecule has 18 heavy (non-hydrogen) atoms. The SMILES string of the molecule is NC(=O)[C@H]1CCCN(Cc2csc([N+](=O)[O-])c2)C1. The summed E-state index contributed by atoms with van der Waals surface area (Å²) in [4.78, 5) is 23.5. The smallest absolute Gasteiger partial charge is 0.324 e. The largest absolute Gasteiger partial charge is 0.369 e. The third-order valence-electron chi connectivity index (χ3n) is 3.13. The topological polar surface area (TPSA) is 89.5 Å². The minimum atomic E-state index is -0.378. The van der Waals surface area contributed by atoms with E-state index in [0.717, 1.165) is 36.3 Å². The van der Waals surface area contributed by atoms with E-state index in [0.29, 0.717) is 13.1 Å². The molecule has 7 heteroatoms. The van der Waals surface area contributed by atoms with Crippen LogP contribution in [0.3, 0.4) is 0 Å². The first-order chi connectivity index (χ1) is 8.56. The van der Waals surface area contributed by atoms with Crippen LogP contribution in [0, 0.1) is 16.0 Å². The lowest BCUT2D eigenvalue weighted by Crippen LogP contribution is -2.40. The molecule has 1 atom stereocenters. The van der Waals surface area contributed by atoms with Crippen LogP contribution < -0.4 is 5.73 Å². The highest BCUT2D eigenvalue weighted by Crippen LogP contribution is 2.25. The minimum absolute atomic E-state index is 0.0904. The number of hydrogen-bond acceptors (Lipinski definition) is 5. The third-order valence-corrected chi connectivity index (χ3v) is 4.06. The maximum absolute atomic E-state index is 11.2. The number of piperidine rings is 1. The van der Waals surface area contributed by atoms with Gasteiger partial charge in [0, 0.05) is 24.5 Å². The highest BCUT2D eigenvalue weighted by atomic mass is 32.1. The number of nitrogens with zero attached hydrogens (tertiary/aromatic N) is 2. The summed E-state index contributed by atoms with van der Waals surface area (Å²) >= 11 is 1.14. The summed E-state index contributed by atoms with van der Waals surface area (Å²) < 4.78 is 0. The Bertz CT molecular complexity index is 460. The van der Waals surface area contributed by atoms with E-state index in [1.54, 1.807) is 11.4 Å². The van der Waals surface area contributed by atoms with Crippen molar-refractivity contribution >= 4 is 22.2 Å². The zero-order chi connectivity index (χ0) is 13.1. The second kappa shape index (κ2) is 5.45. The van der Waals surface area contributed by atoms with Gasteiger partial charge in [-0.1, -0.05) is 11.3 Å². The molecule has 1 aromatic rings. The fraction of sp³-hybridized carbons (Fsp3) is 0.545. The van der Waals surface area contributed by atoms with Gasteiger partial charge in [-0.25, -0.2) is 0 Å². The summed E-state index contributed by atoms with van der Waals surface area (Å²) in [5.41, 5.74) is 6.24. The Morgan fingerprint density at radius 1 is 1.67 bits per heavy atom. The number of hydrogen-bond donors (Lipinski definition) is 1. The highest BCUT2D eigenvalue weighted by molar-refractivity contribution is 7.13. The van der Waals surface area contributed by atoms with Crippen molar-refractivity contribution in [1.29, 1.82) is 0 Å². The zero-order valence-corrected chi connectivity index (χ0v) is 10.7. The Morgan fingerprint density at radius 2 is 2.44 bits per heavy atom. The van der Waals surface area contributed by atoms with Crippen molar-refractivity contribution in [3.63, 3.8) is 0 Å². The maximum Gasteiger partial charge on any atom is 0.324 e. The Balaban J connectivity index is 1.96. The summed E-state index contributed by atoms with van der Waals surface area (Å²) in [6, 6.07) is 1.60. The number of amides is 1. The van der Waals surface area contributed by atoms with E-state index in [1.807, 2.05) is 0 Å². The highest BCUT2D eigenvalue weighted by Gasteiger charge is 2.24. The molecule has 0 bridgehead atoms. The summed E-state index contributed by atoms with van der Waals surface area (Å²) in [6.07, 6.45) is 1.79. The third kappa shape index (κ3) is 3.05. The zero-order valence-electron chi connectivity index (χ0n) is 9.87. The molecule has 0 saturated carbocycles. The van der Waals surface area contributed by atoms with Crippen LogP contribution in [0.2, 0.25) is 0 Å². The van der Waals surface area contributed by atoms with Crippen LogP contribution in [0.1, 0.15) is 18.4 Å². The quantitative estimate of drug-likeness (QED) is 0.660. The van der Waals surface area contributed by atoms with Gasteiger partial charge in [0.25, 0.3) is 0 Å². The first-order valence-corrected chi connectivity index (χ1v) is 6.67. The van der Waals surface area contributed by atoms with Gasteiger partial charge in [0.15, 0.2) is 0 Å². The molecule has 6 nitrogen and oxygen atoms in total. The molecule has 2 N–H and O–H groups in total. The van der Waals surface area contributed by atoms with E-state index in [-0.39, 0.29) is 21.7 Å². The van der Waals surface area contributed by atoms with Gasteiger partial charge in [-0.05, 0) is 24.9 Å². The lowest BCUT2D eigenvalue weighted by Gasteiger charge is -2.30. The van der Waals surface area contributed by atoms with E-state index < -0.39 is 0 Å². The van der Waals surface area contributed by atoms with Crippen molar-refractivity contribution in [1.82, 2.24) is 4.90 Å². The van der Waals surface area contributed by atoms with E-state index in [4.69, 9.17) is 5.73 Å². The van der Waals surface area contributed by atoms with Crippen LogP contribution in [0.5, 0.6) is 0 Å². The predicted molar refractivity (Wildman–Crippen MR) is 68.2 cm³/mol. The maximum atomic E-state index is 11.2. The van der Waals surface area contributed by atoms with Crippen molar-refractivity contribution in [2.45, 2.75) is 19.4 Å². The van der Waals surface area contributed by atoms with E-state index in [2.05, 4.69) is 4.90 Å². The Hall–Kier alpha value is -1.47. The van der Waals surface area contributed by atoms with E-state index in [1.165, 1.54) is 0 Å².